The van der Waals surface area contributed by atoms with Crippen molar-refractivity contribution >= 4 is 42.2 Å². The number of aliphatic imine (C=N–C) groups is 2. The molecule has 0 aliphatic heterocycles. The molecule has 0 saturated heterocycles. The number of nitrogens with zero attached hydrogens (tertiary/aromatic N) is 2. The fraction of sp³-hybridized carbons (Fsp3) is 0.148. The summed E-state index contributed by atoms with van der Waals surface area (Å²) in [6.45, 7) is 3.74. The van der Waals surface area contributed by atoms with Gasteiger partial charge in [-0.05, 0) is 66.3 Å². The average molecular weight is 424 g/mol. The van der Waals surface area contributed by atoms with Gasteiger partial charge in [-0.15, -0.1) is 12.6 Å². The Bertz CT molecular complexity index is 1160. The quantitative estimate of drug-likeness (QED) is 0.303. The van der Waals surface area contributed by atoms with E-state index in [2.05, 4.69) is 71.8 Å². The number of hydrogen-bond acceptors (Lipinski definition) is 2. The van der Waals surface area contributed by atoms with E-state index in [0.29, 0.717) is 5.84 Å². The monoisotopic (exact) mass is 423 g/mol. The van der Waals surface area contributed by atoms with Crippen LogP contribution in [0.15, 0.2) is 105 Å². The highest BCUT2D eigenvalue weighted by atomic mass is 32.1. The molecule has 2 aromatic rings. The molecule has 1 N–H and O–H groups in total. The van der Waals surface area contributed by atoms with Gasteiger partial charge in [-0.25, -0.2) is 9.98 Å². The zero-order chi connectivity index (χ0) is 21.6. The molecule has 154 valence electrons. The Hall–Kier alpha value is -3.24. The van der Waals surface area contributed by atoms with Crippen molar-refractivity contribution in [3.63, 3.8) is 0 Å². The molecule has 0 amide bonds. The molecule has 0 fully saturated rings. The fourth-order valence-electron chi connectivity index (χ4n) is 3.97. The Morgan fingerprint density at radius 2 is 1.71 bits per heavy atom. The summed E-state index contributed by atoms with van der Waals surface area (Å²) in [4.78, 5) is 9.71. The molecule has 3 nitrogen and oxygen atoms in total. The van der Waals surface area contributed by atoms with Crippen molar-refractivity contribution in [1.82, 2.24) is 0 Å². The molecular formula is C27H25N3S. The van der Waals surface area contributed by atoms with E-state index < -0.39 is 0 Å². The first-order chi connectivity index (χ1) is 15.2. The lowest BCUT2D eigenvalue weighted by atomic mass is 9.90. The summed E-state index contributed by atoms with van der Waals surface area (Å²) >= 11 is 4.64. The predicted octanol–water partition coefficient (Wildman–Crippen LogP) is 6.96. The van der Waals surface area contributed by atoms with Gasteiger partial charge in [0.1, 0.15) is 5.84 Å². The first-order valence-electron chi connectivity index (χ1n) is 10.5. The van der Waals surface area contributed by atoms with Gasteiger partial charge in [0.05, 0.1) is 0 Å². The second-order valence-electron chi connectivity index (χ2n) is 7.54. The molecule has 0 heterocycles. The van der Waals surface area contributed by atoms with Crippen LogP contribution in [0.5, 0.6) is 0 Å². The summed E-state index contributed by atoms with van der Waals surface area (Å²) in [5.74, 6) is 0.738. The lowest BCUT2D eigenvalue weighted by Crippen LogP contribution is -2.10. The Morgan fingerprint density at radius 3 is 2.42 bits per heavy atom. The van der Waals surface area contributed by atoms with Crippen molar-refractivity contribution in [2.45, 2.75) is 30.6 Å². The fourth-order valence-corrected chi connectivity index (χ4v) is 4.26. The third-order valence-corrected chi connectivity index (χ3v) is 6.00. The highest BCUT2D eigenvalue weighted by Crippen LogP contribution is 2.33. The van der Waals surface area contributed by atoms with Gasteiger partial charge in [0.15, 0.2) is 5.84 Å². The molecule has 4 heteroatoms. The number of hydrogen-bond donors (Lipinski definition) is 2. The maximum absolute atomic E-state index is 8.58. The Labute approximate surface area is 189 Å². The molecule has 0 atom stereocenters. The molecule has 0 unspecified atom stereocenters. The molecule has 31 heavy (non-hydrogen) atoms. The van der Waals surface area contributed by atoms with Crippen LogP contribution in [0.1, 0.15) is 36.8 Å². The van der Waals surface area contributed by atoms with Gasteiger partial charge in [-0.2, -0.15) is 0 Å². The predicted molar refractivity (Wildman–Crippen MR) is 135 cm³/mol. The zero-order valence-corrected chi connectivity index (χ0v) is 18.3. The van der Waals surface area contributed by atoms with Crippen molar-refractivity contribution in [3.05, 3.63) is 101 Å². The summed E-state index contributed by atoms with van der Waals surface area (Å²) < 4.78 is 0. The van der Waals surface area contributed by atoms with Gasteiger partial charge >= 0.3 is 0 Å². The molecule has 2 aliphatic carbocycles. The summed E-state index contributed by atoms with van der Waals surface area (Å²) in [6.07, 6.45) is 11.8. The average Bonchev–Trinajstić information content (AvgIpc) is 2.83. The van der Waals surface area contributed by atoms with E-state index in [1.54, 1.807) is 0 Å². The van der Waals surface area contributed by atoms with Crippen LogP contribution in [0.3, 0.4) is 0 Å². The van der Waals surface area contributed by atoms with Crippen LogP contribution < -0.4 is 0 Å². The van der Waals surface area contributed by atoms with E-state index in [0.717, 1.165) is 52.9 Å². The highest BCUT2D eigenvalue weighted by Gasteiger charge is 2.18. The van der Waals surface area contributed by atoms with Crippen LogP contribution in [0.2, 0.25) is 0 Å². The normalized spacial score (nSPS) is 16.6. The lowest BCUT2D eigenvalue weighted by Gasteiger charge is -2.18. The number of allylic oxidation sites excluding steroid dienone is 5. The van der Waals surface area contributed by atoms with Crippen LogP contribution in [-0.4, -0.2) is 18.4 Å². The molecule has 0 bridgehead atoms. The van der Waals surface area contributed by atoms with Crippen LogP contribution in [0.25, 0.3) is 11.1 Å². The molecule has 2 aliphatic rings. The first-order valence-corrected chi connectivity index (χ1v) is 10.9. The topological polar surface area (TPSA) is 48.6 Å². The van der Waals surface area contributed by atoms with Gasteiger partial charge in [0.2, 0.25) is 0 Å². The van der Waals surface area contributed by atoms with Crippen LogP contribution in [0, 0.1) is 5.41 Å². The van der Waals surface area contributed by atoms with Gasteiger partial charge in [0.25, 0.3) is 0 Å². The largest absolute Gasteiger partial charge is 0.283 e. The van der Waals surface area contributed by atoms with E-state index in [-0.39, 0.29) is 5.84 Å². The van der Waals surface area contributed by atoms with E-state index >= 15 is 0 Å². The minimum absolute atomic E-state index is 0.246. The van der Waals surface area contributed by atoms with Crippen LogP contribution in [-0.2, 0) is 0 Å². The van der Waals surface area contributed by atoms with Gasteiger partial charge < -0.3 is 0 Å². The zero-order valence-electron chi connectivity index (χ0n) is 17.4. The number of benzene rings is 2. The van der Waals surface area contributed by atoms with Crippen molar-refractivity contribution in [2.75, 3.05) is 0 Å². The van der Waals surface area contributed by atoms with E-state index in [4.69, 9.17) is 5.41 Å². The van der Waals surface area contributed by atoms with E-state index in [1.807, 2.05) is 36.4 Å². The number of rotatable bonds is 4. The van der Waals surface area contributed by atoms with Crippen molar-refractivity contribution < 1.29 is 0 Å². The van der Waals surface area contributed by atoms with Crippen LogP contribution in [0.4, 0.5) is 0 Å². The molecule has 4 rings (SSSR count). The minimum atomic E-state index is 0.246. The molecule has 0 aromatic heterocycles. The molecule has 2 aromatic carbocycles. The summed E-state index contributed by atoms with van der Waals surface area (Å²) in [7, 11) is 0. The van der Waals surface area contributed by atoms with Crippen molar-refractivity contribution in [3.8, 4) is 0 Å². The van der Waals surface area contributed by atoms with Gasteiger partial charge in [-0.3, -0.25) is 5.41 Å². The molecule has 0 radical (unpaired) electrons. The maximum Gasteiger partial charge on any atom is 0.161 e. The summed E-state index contributed by atoms with van der Waals surface area (Å²) in [5.41, 5.74) is 6.58. The third kappa shape index (κ3) is 4.75. The van der Waals surface area contributed by atoms with Crippen molar-refractivity contribution in [2.24, 2.45) is 9.98 Å². The SMILES string of the molecule is C=NC(=NC(=N)C1=CC=C(c2ccccc2)CC1)C1=C(c2ccccc2S)CCC=C1. The summed E-state index contributed by atoms with van der Waals surface area (Å²) in [6, 6.07) is 18.4. The first kappa shape index (κ1) is 21.0. The number of nitrogens with one attached hydrogen (secondary N) is 1. The van der Waals surface area contributed by atoms with Crippen LogP contribution >= 0.6 is 12.6 Å². The highest BCUT2D eigenvalue weighted by molar-refractivity contribution is 7.80. The Kier molecular flexibility index (Phi) is 6.58. The molecule has 0 saturated carbocycles. The second-order valence-corrected chi connectivity index (χ2v) is 8.02. The number of amidine groups is 2. The second kappa shape index (κ2) is 9.71. The maximum atomic E-state index is 8.58. The van der Waals surface area contributed by atoms with Gasteiger partial charge in [0, 0.05) is 10.5 Å². The van der Waals surface area contributed by atoms with E-state index in [9.17, 15) is 0 Å². The Morgan fingerprint density at radius 1 is 0.935 bits per heavy atom. The van der Waals surface area contributed by atoms with Gasteiger partial charge in [-0.1, -0.05) is 72.8 Å². The smallest absolute Gasteiger partial charge is 0.161 e. The molecule has 0 spiro atoms. The summed E-state index contributed by atoms with van der Waals surface area (Å²) in [5, 5.41) is 8.58. The number of thiol groups is 1. The van der Waals surface area contributed by atoms with E-state index in [1.165, 1.54) is 11.1 Å². The standard InChI is InChI=1S/C27H25N3S/c1-29-27(24-13-6-5-11-22(24)23-12-7-8-14-25(23)31)30-26(28)21-17-15-20(16-18-21)19-9-3-2-4-10-19/h2-4,6-10,12-15,17,28,31H,1,5,11,16,18H2. The third-order valence-electron chi connectivity index (χ3n) is 5.61. The Balaban J connectivity index is 1.65. The lowest BCUT2D eigenvalue weighted by molar-refractivity contribution is 1.01. The molecular weight excluding hydrogens is 398 g/mol. The van der Waals surface area contributed by atoms with Crippen molar-refractivity contribution in [1.29, 1.82) is 5.41 Å². The minimum Gasteiger partial charge on any atom is -0.283 e.